The molecule has 0 aromatic carbocycles. The van der Waals surface area contributed by atoms with E-state index in [4.69, 9.17) is 4.52 Å². The van der Waals surface area contributed by atoms with Gasteiger partial charge in [0.25, 0.3) is 5.91 Å². The molecule has 1 aliphatic heterocycles. The van der Waals surface area contributed by atoms with Crippen molar-refractivity contribution < 1.29 is 19.2 Å². The van der Waals surface area contributed by atoms with Crippen molar-refractivity contribution in [3.8, 4) is 0 Å². The Kier molecular flexibility index (Phi) is 3.03. The minimum Gasteiger partial charge on any atom is -0.481 e. The highest BCUT2D eigenvalue weighted by Gasteiger charge is 2.56. The Morgan fingerprint density at radius 1 is 1.27 bits per heavy atom. The molecule has 2 fully saturated rings. The van der Waals surface area contributed by atoms with E-state index >= 15 is 0 Å². The summed E-state index contributed by atoms with van der Waals surface area (Å²) in [6, 6.07) is 0. The van der Waals surface area contributed by atoms with Gasteiger partial charge in [-0.2, -0.15) is 0 Å². The lowest BCUT2D eigenvalue weighted by Gasteiger charge is -2.23. The summed E-state index contributed by atoms with van der Waals surface area (Å²) in [5, 5.41) is 13.6. The molecule has 6 heteroatoms. The van der Waals surface area contributed by atoms with E-state index in [1.807, 2.05) is 0 Å². The van der Waals surface area contributed by atoms with Crippen LogP contribution in [0.2, 0.25) is 0 Å². The molecule has 0 unspecified atom stereocenters. The number of aliphatic carboxylic acids is 1. The number of carboxylic acids is 1. The van der Waals surface area contributed by atoms with Crippen molar-refractivity contribution in [2.24, 2.45) is 11.3 Å². The lowest BCUT2D eigenvalue weighted by atomic mass is 9.81. The first-order valence-corrected chi connectivity index (χ1v) is 8.12. The fourth-order valence-electron chi connectivity index (χ4n) is 4.50. The van der Waals surface area contributed by atoms with Crippen LogP contribution >= 0.6 is 0 Å². The normalized spacial score (nSPS) is 30.2. The topological polar surface area (TPSA) is 83.6 Å². The van der Waals surface area contributed by atoms with E-state index < -0.39 is 11.4 Å². The van der Waals surface area contributed by atoms with E-state index in [0.29, 0.717) is 25.2 Å². The van der Waals surface area contributed by atoms with Gasteiger partial charge in [0.05, 0.1) is 5.41 Å². The molecule has 4 rings (SSSR count). The fraction of sp³-hybridized carbons (Fsp3) is 0.688. The third kappa shape index (κ3) is 1.82. The lowest BCUT2D eigenvalue weighted by molar-refractivity contribution is -0.149. The second-order valence-electron chi connectivity index (χ2n) is 6.88. The number of carbonyl (C=O) groups excluding carboxylic acids is 1. The van der Waals surface area contributed by atoms with Gasteiger partial charge in [-0.15, -0.1) is 0 Å². The van der Waals surface area contributed by atoms with Crippen molar-refractivity contribution in [2.45, 2.75) is 44.9 Å². The first-order valence-electron chi connectivity index (χ1n) is 8.12. The van der Waals surface area contributed by atoms with E-state index in [2.05, 4.69) is 5.16 Å². The molecule has 118 valence electrons. The van der Waals surface area contributed by atoms with Gasteiger partial charge in [-0.1, -0.05) is 11.6 Å². The predicted octanol–water partition coefficient (Wildman–Crippen LogP) is 1.88. The summed E-state index contributed by atoms with van der Waals surface area (Å²) in [7, 11) is 0. The molecule has 1 aromatic rings. The molecule has 0 bridgehead atoms. The number of carbonyl (C=O) groups is 2. The standard InChI is InChI=1S/C16H20N2O4/c19-14(13-11-5-1-2-6-12(11)22-17-13)18-8-10-4-3-7-16(10,9-18)15(20)21/h10H,1-9H2,(H,20,21)/t10-,16+/m0/s1. The van der Waals surface area contributed by atoms with Crippen molar-refractivity contribution in [1.29, 1.82) is 0 Å². The third-order valence-electron chi connectivity index (χ3n) is 5.74. The van der Waals surface area contributed by atoms with Crippen LogP contribution in [0.15, 0.2) is 4.52 Å². The van der Waals surface area contributed by atoms with Crippen LogP contribution in [0.5, 0.6) is 0 Å². The van der Waals surface area contributed by atoms with Crippen molar-refractivity contribution >= 4 is 11.9 Å². The average molecular weight is 304 g/mol. The van der Waals surface area contributed by atoms with Gasteiger partial charge in [0, 0.05) is 25.1 Å². The number of likely N-dealkylation sites (tertiary alicyclic amines) is 1. The average Bonchev–Trinajstić information content (AvgIpc) is 3.18. The van der Waals surface area contributed by atoms with E-state index in [0.717, 1.165) is 49.8 Å². The van der Waals surface area contributed by atoms with Gasteiger partial charge in [0.2, 0.25) is 0 Å². The second-order valence-corrected chi connectivity index (χ2v) is 6.88. The van der Waals surface area contributed by atoms with Gasteiger partial charge >= 0.3 is 5.97 Å². The molecule has 0 spiro atoms. The lowest BCUT2D eigenvalue weighted by Crippen LogP contribution is -2.37. The second kappa shape index (κ2) is 4.83. The summed E-state index contributed by atoms with van der Waals surface area (Å²) in [6.07, 6.45) is 6.32. The number of carboxylic acid groups (broad SMARTS) is 1. The molecule has 0 radical (unpaired) electrons. The monoisotopic (exact) mass is 304 g/mol. The largest absolute Gasteiger partial charge is 0.481 e. The van der Waals surface area contributed by atoms with E-state index in [1.165, 1.54) is 0 Å². The van der Waals surface area contributed by atoms with Crippen molar-refractivity contribution in [1.82, 2.24) is 10.1 Å². The van der Waals surface area contributed by atoms with Gasteiger partial charge in [-0.05, 0) is 38.0 Å². The van der Waals surface area contributed by atoms with Crippen LogP contribution in [-0.4, -0.2) is 40.1 Å². The summed E-state index contributed by atoms with van der Waals surface area (Å²) < 4.78 is 5.32. The molecule has 2 heterocycles. The van der Waals surface area contributed by atoms with Crippen LogP contribution in [0.4, 0.5) is 0 Å². The number of nitrogens with zero attached hydrogens (tertiary/aromatic N) is 2. The molecule has 3 aliphatic rings. The highest BCUT2D eigenvalue weighted by Crippen LogP contribution is 2.49. The molecule has 1 saturated carbocycles. The number of rotatable bonds is 2. The Bertz CT molecular complexity index is 638. The number of aryl methyl sites for hydroxylation is 1. The molecule has 1 saturated heterocycles. The minimum atomic E-state index is -0.757. The number of fused-ring (bicyclic) bond motifs is 2. The molecule has 2 aliphatic carbocycles. The first-order chi connectivity index (χ1) is 10.6. The highest BCUT2D eigenvalue weighted by atomic mass is 16.5. The van der Waals surface area contributed by atoms with Crippen LogP contribution in [-0.2, 0) is 17.6 Å². The minimum absolute atomic E-state index is 0.0803. The Morgan fingerprint density at radius 3 is 2.86 bits per heavy atom. The van der Waals surface area contributed by atoms with Gasteiger partial charge in [-0.3, -0.25) is 9.59 Å². The maximum absolute atomic E-state index is 12.8. The summed E-state index contributed by atoms with van der Waals surface area (Å²) in [6.45, 7) is 0.847. The van der Waals surface area contributed by atoms with E-state index in [9.17, 15) is 14.7 Å². The summed E-state index contributed by atoms with van der Waals surface area (Å²) in [4.78, 5) is 26.2. The molecule has 6 nitrogen and oxygen atoms in total. The highest BCUT2D eigenvalue weighted by molar-refractivity contribution is 5.95. The molecular formula is C16H20N2O4. The summed E-state index contributed by atoms with van der Waals surface area (Å²) in [5.74, 6) is 0.00743. The Hall–Kier alpha value is -1.85. The summed E-state index contributed by atoms with van der Waals surface area (Å²) in [5.41, 5.74) is 0.618. The molecular weight excluding hydrogens is 284 g/mol. The number of aromatic nitrogens is 1. The zero-order chi connectivity index (χ0) is 15.3. The molecule has 1 aromatic heterocycles. The zero-order valence-corrected chi connectivity index (χ0v) is 12.5. The maximum Gasteiger partial charge on any atom is 0.311 e. The smallest absolute Gasteiger partial charge is 0.311 e. The Balaban J connectivity index is 1.60. The van der Waals surface area contributed by atoms with Gasteiger partial charge in [0.1, 0.15) is 5.76 Å². The molecule has 1 amide bonds. The van der Waals surface area contributed by atoms with Crippen LogP contribution in [0, 0.1) is 11.3 Å². The predicted molar refractivity (Wildman–Crippen MR) is 76.5 cm³/mol. The van der Waals surface area contributed by atoms with E-state index in [1.54, 1.807) is 4.90 Å². The number of hydrogen-bond acceptors (Lipinski definition) is 4. The maximum atomic E-state index is 12.8. The zero-order valence-electron chi connectivity index (χ0n) is 12.5. The number of hydrogen-bond donors (Lipinski definition) is 1. The van der Waals surface area contributed by atoms with Crippen LogP contribution in [0.1, 0.15) is 53.9 Å². The molecule has 2 atom stereocenters. The van der Waals surface area contributed by atoms with Crippen LogP contribution < -0.4 is 0 Å². The Labute approximate surface area is 128 Å². The van der Waals surface area contributed by atoms with Crippen LogP contribution in [0.25, 0.3) is 0 Å². The van der Waals surface area contributed by atoms with Crippen molar-refractivity contribution in [3.05, 3.63) is 17.0 Å². The van der Waals surface area contributed by atoms with Gasteiger partial charge in [0.15, 0.2) is 5.69 Å². The van der Waals surface area contributed by atoms with Crippen molar-refractivity contribution in [3.63, 3.8) is 0 Å². The molecule has 22 heavy (non-hydrogen) atoms. The summed E-state index contributed by atoms with van der Waals surface area (Å²) >= 11 is 0. The number of amides is 1. The SMILES string of the molecule is O=C(c1noc2c1CCCC2)N1C[C@@H]2CCC[C@@]2(C(=O)O)C1. The van der Waals surface area contributed by atoms with Gasteiger partial charge < -0.3 is 14.5 Å². The van der Waals surface area contributed by atoms with E-state index in [-0.39, 0.29) is 11.8 Å². The fourth-order valence-corrected chi connectivity index (χ4v) is 4.50. The van der Waals surface area contributed by atoms with Crippen molar-refractivity contribution in [2.75, 3.05) is 13.1 Å². The molecule has 1 N–H and O–H groups in total. The quantitative estimate of drug-likeness (QED) is 0.902. The third-order valence-corrected chi connectivity index (χ3v) is 5.74. The van der Waals surface area contributed by atoms with Gasteiger partial charge in [-0.25, -0.2) is 0 Å². The van der Waals surface area contributed by atoms with Crippen LogP contribution in [0.3, 0.4) is 0 Å². The first kappa shape index (κ1) is 13.8. The Morgan fingerprint density at radius 2 is 2.09 bits per heavy atom.